The zero-order chi connectivity index (χ0) is 15.8. The first-order valence-corrected chi connectivity index (χ1v) is 7.57. The van der Waals surface area contributed by atoms with E-state index in [0.717, 1.165) is 0 Å². The lowest BCUT2D eigenvalue weighted by molar-refractivity contribution is 0.0369. The van der Waals surface area contributed by atoms with Crippen LogP contribution in [0.1, 0.15) is 11.7 Å². The molecule has 6 nitrogen and oxygen atoms in total. The van der Waals surface area contributed by atoms with Crippen molar-refractivity contribution in [3.8, 4) is 0 Å². The highest BCUT2D eigenvalue weighted by Gasteiger charge is 2.28. The highest BCUT2D eigenvalue weighted by Crippen LogP contribution is 2.31. The Labute approximate surface area is 136 Å². The summed E-state index contributed by atoms with van der Waals surface area (Å²) >= 11 is 6.15. The van der Waals surface area contributed by atoms with Crippen molar-refractivity contribution in [1.29, 1.82) is 0 Å². The molecule has 3 aromatic rings. The molecule has 118 valence electrons. The number of aromatic nitrogens is 4. The van der Waals surface area contributed by atoms with Gasteiger partial charge in [0.25, 0.3) is 0 Å². The van der Waals surface area contributed by atoms with E-state index in [0.29, 0.717) is 41.9 Å². The van der Waals surface area contributed by atoms with E-state index in [2.05, 4.69) is 15.1 Å². The maximum atomic E-state index is 14.1. The molecule has 1 aromatic carbocycles. The molecule has 1 unspecified atom stereocenters. The zero-order valence-electron chi connectivity index (χ0n) is 12.1. The molecule has 0 spiro atoms. The Hall–Kier alpha value is -2.25. The molecule has 4 rings (SSSR count). The predicted octanol–water partition coefficient (Wildman–Crippen LogP) is 2.49. The molecular weight excluding hydrogens is 321 g/mol. The van der Waals surface area contributed by atoms with Gasteiger partial charge in [-0.2, -0.15) is 9.61 Å². The van der Waals surface area contributed by atoms with Crippen LogP contribution in [0.3, 0.4) is 0 Å². The van der Waals surface area contributed by atoms with E-state index in [-0.39, 0.29) is 5.82 Å². The van der Waals surface area contributed by atoms with Crippen LogP contribution in [0.2, 0.25) is 5.02 Å². The van der Waals surface area contributed by atoms with Crippen molar-refractivity contribution in [3.05, 3.63) is 53.2 Å². The Balaban J connectivity index is 1.69. The number of hydrogen-bond acceptors (Lipinski definition) is 5. The molecule has 23 heavy (non-hydrogen) atoms. The molecule has 1 fully saturated rings. The topological polar surface area (TPSA) is 55.6 Å². The Morgan fingerprint density at radius 1 is 1.26 bits per heavy atom. The van der Waals surface area contributed by atoms with Gasteiger partial charge in [0.1, 0.15) is 18.2 Å². The highest BCUT2D eigenvalue weighted by molar-refractivity contribution is 6.31. The lowest BCUT2D eigenvalue weighted by Crippen LogP contribution is -2.40. The fourth-order valence-electron chi connectivity index (χ4n) is 2.78. The Morgan fingerprint density at radius 3 is 3.04 bits per heavy atom. The van der Waals surface area contributed by atoms with Gasteiger partial charge in [-0.1, -0.05) is 17.7 Å². The number of ether oxygens (including phenoxy) is 1. The third-order valence-electron chi connectivity index (χ3n) is 3.85. The summed E-state index contributed by atoms with van der Waals surface area (Å²) in [4.78, 5) is 10.5. The summed E-state index contributed by atoms with van der Waals surface area (Å²) in [6, 6.07) is 6.44. The first kappa shape index (κ1) is 14.3. The smallest absolute Gasteiger partial charge is 0.230 e. The maximum Gasteiger partial charge on any atom is 0.230 e. The van der Waals surface area contributed by atoms with Gasteiger partial charge in [-0.15, -0.1) is 0 Å². The molecule has 1 aliphatic rings. The van der Waals surface area contributed by atoms with Gasteiger partial charge in [0.05, 0.1) is 19.3 Å². The average Bonchev–Trinajstić information content (AvgIpc) is 3.03. The van der Waals surface area contributed by atoms with Crippen molar-refractivity contribution in [2.24, 2.45) is 0 Å². The van der Waals surface area contributed by atoms with Gasteiger partial charge in [0, 0.05) is 23.2 Å². The molecule has 0 amide bonds. The van der Waals surface area contributed by atoms with E-state index in [1.165, 1.54) is 12.4 Å². The first-order valence-electron chi connectivity index (χ1n) is 7.19. The fourth-order valence-corrected chi connectivity index (χ4v) is 3.07. The van der Waals surface area contributed by atoms with Crippen LogP contribution in [0.25, 0.3) is 5.65 Å². The molecule has 1 saturated heterocycles. The molecule has 1 aliphatic heterocycles. The van der Waals surface area contributed by atoms with E-state index in [4.69, 9.17) is 16.3 Å². The molecule has 1 atom stereocenters. The van der Waals surface area contributed by atoms with Crippen molar-refractivity contribution in [2.45, 2.75) is 6.10 Å². The highest BCUT2D eigenvalue weighted by atomic mass is 35.5. The van der Waals surface area contributed by atoms with Crippen molar-refractivity contribution >= 4 is 23.2 Å². The normalized spacial score (nSPS) is 18.5. The number of nitrogens with zero attached hydrogens (tertiary/aromatic N) is 5. The van der Waals surface area contributed by atoms with Crippen LogP contribution in [0, 0.1) is 5.82 Å². The monoisotopic (exact) mass is 333 g/mol. The zero-order valence-corrected chi connectivity index (χ0v) is 12.8. The van der Waals surface area contributed by atoms with Gasteiger partial charge in [-0.25, -0.2) is 14.4 Å². The lowest BCUT2D eigenvalue weighted by Gasteiger charge is -2.34. The van der Waals surface area contributed by atoms with Crippen molar-refractivity contribution in [1.82, 2.24) is 19.6 Å². The number of hydrogen-bond donors (Lipinski definition) is 0. The SMILES string of the molecule is Fc1cccc(Cl)c1C1CN(c2ncnc3ccnn23)CCO1. The number of benzene rings is 1. The quantitative estimate of drug-likeness (QED) is 0.721. The van der Waals surface area contributed by atoms with Crippen LogP contribution in [-0.4, -0.2) is 39.3 Å². The number of fused-ring (bicyclic) bond motifs is 1. The Morgan fingerprint density at radius 2 is 2.17 bits per heavy atom. The second-order valence-electron chi connectivity index (χ2n) is 5.22. The minimum Gasteiger partial charge on any atom is -0.370 e. The summed E-state index contributed by atoms with van der Waals surface area (Å²) in [6.45, 7) is 1.52. The van der Waals surface area contributed by atoms with Crippen molar-refractivity contribution in [2.75, 3.05) is 24.6 Å². The van der Waals surface area contributed by atoms with Crippen LogP contribution in [0.5, 0.6) is 0 Å². The maximum absolute atomic E-state index is 14.1. The van der Waals surface area contributed by atoms with E-state index < -0.39 is 6.10 Å². The van der Waals surface area contributed by atoms with Crippen LogP contribution in [0.15, 0.2) is 36.8 Å². The standard InChI is InChI=1S/C15H13ClFN5O/c16-10-2-1-3-11(17)14(10)12-8-21(6-7-23-12)15-19-9-18-13-4-5-20-22(13)15/h1-5,9,12H,6-8H2. The van der Waals surface area contributed by atoms with E-state index in [1.54, 1.807) is 28.9 Å². The number of anilines is 1. The largest absolute Gasteiger partial charge is 0.370 e. The summed E-state index contributed by atoms with van der Waals surface area (Å²) in [5, 5.41) is 4.60. The summed E-state index contributed by atoms with van der Waals surface area (Å²) in [5.74, 6) is 0.289. The predicted molar refractivity (Wildman–Crippen MR) is 83.1 cm³/mol. The fraction of sp³-hybridized carbons (Fsp3) is 0.267. The second kappa shape index (κ2) is 5.75. The average molecular weight is 334 g/mol. The molecule has 2 aromatic heterocycles. The van der Waals surface area contributed by atoms with Gasteiger partial charge in [-0.05, 0) is 12.1 Å². The van der Waals surface area contributed by atoms with Crippen LogP contribution < -0.4 is 4.90 Å². The van der Waals surface area contributed by atoms with Gasteiger partial charge in [0.2, 0.25) is 5.95 Å². The molecule has 0 saturated carbocycles. The Kier molecular flexibility index (Phi) is 3.59. The van der Waals surface area contributed by atoms with Crippen molar-refractivity contribution in [3.63, 3.8) is 0 Å². The molecule has 0 bridgehead atoms. The lowest BCUT2D eigenvalue weighted by atomic mass is 10.1. The van der Waals surface area contributed by atoms with E-state index >= 15 is 0 Å². The minimum atomic E-state index is -0.460. The van der Waals surface area contributed by atoms with Crippen LogP contribution in [-0.2, 0) is 4.74 Å². The first-order chi connectivity index (χ1) is 11.2. The molecule has 0 radical (unpaired) electrons. The minimum absolute atomic E-state index is 0.365. The third-order valence-corrected chi connectivity index (χ3v) is 4.18. The van der Waals surface area contributed by atoms with Gasteiger partial charge >= 0.3 is 0 Å². The number of rotatable bonds is 2. The Bertz CT molecular complexity index is 835. The van der Waals surface area contributed by atoms with Crippen LogP contribution >= 0.6 is 11.6 Å². The molecule has 0 N–H and O–H groups in total. The summed E-state index contributed by atoms with van der Waals surface area (Å²) in [7, 11) is 0. The van der Waals surface area contributed by atoms with Gasteiger partial charge in [-0.3, -0.25) is 0 Å². The molecule has 3 heterocycles. The summed E-state index contributed by atoms with van der Waals surface area (Å²) in [5.41, 5.74) is 1.09. The number of halogens is 2. The van der Waals surface area contributed by atoms with E-state index in [1.807, 2.05) is 4.90 Å². The van der Waals surface area contributed by atoms with Gasteiger partial charge < -0.3 is 9.64 Å². The van der Waals surface area contributed by atoms with Crippen molar-refractivity contribution < 1.29 is 9.13 Å². The summed E-state index contributed by atoms with van der Waals surface area (Å²) < 4.78 is 21.5. The van der Waals surface area contributed by atoms with Gasteiger partial charge in [0.15, 0.2) is 5.65 Å². The second-order valence-corrected chi connectivity index (χ2v) is 5.62. The summed E-state index contributed by atoms with van der Waals surface area (Å²) in [6.07, 6.45) is 2.70. The number of morpholine rings is 1. The third kappa shape index (κ3) is 2.51. The molecular formula is C15H13ClFN5O. The van der Waals surface area contributed by atoms with E-state index in [9.17, 15) is 4.39 Å². The molecule has 8 heteroatoms. The molecule has 0 aliphatic carbocycles. The van der Waals surface area contributed by atoms with Crippen LogP contribution in [0.4, 0.5) is 10.3 Å².